The number of carbonyl (C=O) groups excluding carboxylic acids is 2. The van der Waals surface area contributed by atoms with Crippen molar-refractivity contribution in [2.75, 3.05) is 33.4 Å². The zero-order valence-electron chi connectivity index (χ0n) is 18.5. The molecule has 0 aliphatic rings. The molecule has 0 saturated heterocycles. The van der Waals surface area contributed by atoms with E-state index in [0.717, 1.165) is 5.69 Å². The van der Waals surface area contributed by atoms with Crippen LogP contribution in [0, 0.1) is 17.0 Å². The fraction of sp³-hybridized carbons (Fsp3) is 0.455. The summed E-state index contributed by atoms with van der Waals surface area (Å²) in [5.41, 5.74) is 1.53. The van der Waals surface area contributed by atoms with Crippen molar-refractivity contribution in [3.8, 4) is 0 Å². The lowest BCUT2D eigenvalue weighted by molar-refractivity contribution is -0.385. The second kappa shape index (κ2) is 11.3. The zero-order chi connectivity index (χ0) is 23.0. The van der Waals surface area contributed by atoms with E-state index in [-0.39, 0.29) is 23.7 Å². The second-order valence-corrected chi connectivity index (χ2v) is 7.40. The highest BCUT2D eigenvalue weighted by Gasteiger charge is 2.24. The summed E-state index contributed by atoms with van der Waals surface area (Å²) in [5.74, 6) is -0.606. The molecule has 0 fully saturated rings. The maximum atomic E-state index is 13.1. The maximum absolute atomic E-state index is 13.1. The topological polar surface area (TPSA) is 97.9 Å². The van der Waals surface area contributed by atoms with Crippen LogP contribution >= 0.6 is 0 Å². The van der Waals surface area contributed by atoms with Crippen LogP contribution in [0.3, 0.4) is 0 Å². The van der Waals surface area contributed by atoms with Gasteiger partial charge in [0.15, 0.2) is 0 Å². The lowest BCUT2D eigenvalue weighted by atomic mass is 10.1. The Kier molecular flexibility index (Phi) is 8.75. The van der Waals surface area contributed by atoms with Gasteiger partial charge in [0.2, 0.25) is 5.91 Å². The Morgan fingerprint density at radius 2 is 1.94 bits per heavy atom. The smallest absolute Gasteiger partial charge is 0.273 e. The Morgan fingerprint density at radius 1 is 1.19 bits per heavy atom. The largest absolute Gasteiger partial charge is 0.383 e. The highest BCUT2D eigenvalue weighted by molar-refractivity contribution is 5.97. The molecular formula is C22H30N4O5. The number of nitro groups is 1. The minimum absolute atomic E-state index is 0.109. The molecule has 9 heteroatoms. The van der Waals surface area contributed by atoms with Gasteiger partial charge in [-0.2, -0.15) is 0 Å². The minimum atomic E-state index is -0.506. The fourth-order valence-corrected chi connectivity index (χ4v) is 3.26. The number of aromatic nitrogens is 1. The number of ether oxygens (including phenoxy) is 1. The average molecular weight is 431 g/mol. The molecule has 0 aliphatic carbocycles. The SMILES string of the molecule is CCCN(CC(=O)N(CCOC)Cc1cccn1C)C(=O)c1ccc(C)c([N+](=O)[O-])c1. The van der Waals surface area contributed by atoms with E-state index in [1.807, 2.05) is 36.9 Å². The summed E-state index contributed by atoms with van der Waals surface area (Å²) in [6.45, 7) is 4.96. The van der Waals surface area contributed by atoms with Crippen LogP contribution in [0.4, 0.5) is 5.69 Å². The molecule has 0 saturated carbocycles. The number of methoxy groups -OCH3 is 1. The van der Waals surface area contributed by atoms with Gasteiger partial charge in [0.1, 0.15) is 6.54 Å². The van der Waals surface area contributed by atoms with Crippen molar-refractivity contribution in [2.24, 2.45) is 7.05 Å². The summed E-state index contributed by atoms with van der Waals surface area (Å²) in [6.07, 6.45) is 2.56. The van der Waals surface area contributed by atoms with E-state index < -0.39 is 10.8 Å². The number of nitrogens with zero attached hydrogens (tertiary/aromatic N) is 4. The highest BCUT2D eigenvalue weighted by atomic mass is 16.6. The molecule has 0 aliphatic heterocycles. The van der Waals surface area contributed by atoms with Crippen molar-refractivity contribution in [3.63, 3.8) is 0 Å². The maximum Gasteiger partial charge on any atom is 0.273 e. The van der Waals surface area contributed by atoms with Crippen molar-refractivity contribution < 1.29 is 19.2 Å². The number of amides is 2. The van der Waals surface area contributed by atoms with Crippen LogP contribution in [-0.2, 0) is 23.1 Å². The molecule has 0 atom stereocenters. The van der Waals surface area contributed by atoms with Crippen LogP contribution in [0.5, 0.6) is 0 Å². The summed E-state index contributed by atoms with van der Waals surface area (Å²) in [6, 6.07) is 8.23. The van der Waals surface area contributed by atoms with Gasteiger partial charge in [-0.15, -0.1) is 0 Å². The number of nitro benzene ring substituents is 1. The van der Waals surface area contributed by atoms with E-state index >= 15 is 0 Å². The Bertz CT molecular complexity index is 924. The number of hydrogen-bond donors (Lipinski definition) is 0. The number of aryl methyl sites for hydroxylation is 2. The molecule has 2 rings (SSSR count). The molecule has 0 unspecified atom stereocenters. The lowest BCUT2D eigenvalue weighted by Gasteiger charge is -2.27. The Labute approximate surface area is 182 Å². The minimum Gasteiger partial charge on any atom is -0.383 e. The normalized spacial score (nSPS) is 10.7. The molecule has 31 heavy (non-hydrogen) atoms. The highest BCUT2D eigenvalue weighted by Crippen LogP contribution is 2.20. The molecule has 2 aromatic rings. The first kappa shape index (κ1) is 24.1. The van der Waals surface area contributed by atoms with Crippen LogP contribution in [0.15, 0.2) is 36.5 Å². The molecule has 0 radical (unpaired) electrons. The first-order chi connectivity index (χ1) is 14.8. The summed E-state index contributed by atoms with van der Waals surface area (Å²) < 4.78 is 7.08. The molecule has 1 aromatic heterocycles. The number of carbonyl (C=O) groups is 2. The molecule has 168 valence electrons. The van der Waals surface area contributed by atoms with Crippen LogP contribution in [0.2, 0.25) is 0 Å². The van der Waals surface area contributed by atoms with Gasteiger partial charge in [0, 0.05) is 56.3 Å². The Morgan fingerprint density at radius 3 is 2.52 bits per heavy atom. The van der Waals surface area contributed by atoms with E-state index in [2.05, 4.69) is 0 Å². The molecule has 1 heterocycles. The molecule has 9 nitrogen and oxygen atoms in total. The van der Waals surface area contributed by atoms with Crippen molar-refractivity contribution >= 4 is 17.5 Å². The fourth-order valence-electron chi connectivity index (χ4n) is 3.26. The second-order valence-electron chi connectivity index (χ2n) is 7.40. The van der Waals surface area contributed by atoms with E-state index in [1.54, 1.807) is 31.1 Å². The number of benzene rings is 1. The van der Waals surface area contributed by atoms with Gasteiger partial charge in [-0.3, -0.25) is 19.7 Å². The Hall–Kier alpha value is -3.20. The molecule has 2 amide bonds. The van der Waals surface area contributed by atoms with Crippen LogP contribution in [0.1, 0.15) is 35.0 Å². The van der Waals surface area contributed by atoms with Crippen LogP contribution < -0.4 is 0 Å². The monoisotopic (exact) mass is 430 g/mol. The van der Waals surface area contributed by atoms with Gasteiger partial charge in [-0.25, -0.2) is 0 Å². The summed E-state index contributed by atoms with van der Waals surface area (Å²) in [5, 5.41) is 11.2. The van der Waals surface area contributed by atoms with Crippen LogP contribution in [-0.4, -0.2) is 64.5 Å². The van der Waals surface area contributed by atoms with Crippen molar-refractivity contribution in [3.05, 3.63) is 63.5 Å². The zero-order valence-corrected chi connectivity index (χ0v) is 18.5. The molecule has 0 spiro atoms. The van der Waals surface area contributed by atoms with Gasteiger partial charge >= 0.3 is 0 Å². The van der Waals surface area contributed by atoms with E-state index in [0.29, 0.717) is 38.2 Å². The summed E-state index contributed by atoms with van der Waals surface area (Å²) in [7, 11) is 3.48. The van der Waals surface area contributed by atoms with Gasteiger partial charge in [-0.1, -0.05) is 13.0 Å². The molecule has 0 bridgehead atoms. The van der Waals surface area contributed by atoms with Crippen molar-refractivity contribution in [2.45, 2.75) is 26.8 Å². The molecule has 0 N–H and O–H groups in total. The van der Waals surface area contributed by atoms with Gasteiger partial charge < -0.3 is 19.1 Å². The predicted molar refractivity (Wildman–Crippen MR) is 117 cm³/mol. The third-order valence-corrected chi connectivity index (χ3v) is 5.08. The van der Waals surface area contributed by atoms with E-state index in [9.17, 15) is 19.7 Å². The van der Waals surface area contributed by atoms with Crippen molar-refractivity contribution in [1.29, 1.82) is 0 Å². The van der Waals surface area contributed by atoms with Gasteiger partial charge in [-0.05, 0) is 31.5 Å². The van der Waals surface area contributed by atoms with E-state index in [1.165, 1.54) is 11.0 Å². The first-order valence-electron chi connectivity index (χ1n) is 10.2. The summed E-state index contributed by atoms with van der Waals surface area (Å²) >= 11 is 0. The standard InChI is InChI=1S/C22H30N4O5/c1-5-10-25(22(28)18-9-8-17(2)20(14-18)26(29)30)16-21(27)24(12-13-31-4)15-19-7-6-11-23(19)3/h6-9,11,14H,5,10,12-13,15-16H2,1-4H3. The van der Waals surface area contributed by atoms with E-state index in [4.69, 9.17) is 4.74 Å². The summed E-state index contributed by atoms with van der Waals surface area (Å²) in [4.78, 5) is 40.0. The third kappa shape index (κ3) is 6.39. The molecular weight excluding hydrogens is 400 g/mol. The van der Waals surface area contributed by atoms with Crippen LogP contribution in [0.25, 0.3) is 0 Å². The van der Waals surface area contributed by atoms with Gasteiger partial charge in [0.25, 0.3) is 11.6 Å². The predicted octanol–water partition coefficient (Wildman–Crippen LogP) is 2.77. The number of rotatable bonds is 11. The van der Waals surface area contributed by atoms with Crippen molar-refractivity contribution in [1.82, 2.24) is 14.4 Å². The third-order valence-electron chi connectivity index (χ3n) is 5.08. The Balaban J connectivity index is 2.21. The number of hydrogen-bond acceptors (Lipinski definition) is 5. The lowest BCUT2D eigenvalue weighted by Crippen LogP contribution is -2.44. The molecule has 1 aromatic carbocycles. The quantitative estimate of drug-likeness (QED) is 0.403. The van der Waals surface area contributed by atoms with Gasteiger partial charge in [0.05, 0.1) is 18.1 Å². The average Bonchev–Trinajstić information content (AvgIpc) is 3.14. The first-order valence-corrected chi connectivity index (χ1v) is 10.2.